The maximum absolute atomic E-state index is 11.2. The molecule has 1 N–H and O–H groups in total. The van der Waals surface area contributed by atoms with Gasteiger partial charge in [-0.3, -0.25) is 0 Å². The third-order valence-electron chi connectivity index (χ3n) is 3.64. The van der Waals surface area contributed by atoms with Crippen LogP contribution in [-0.2, 0) is 6.61 Å². The number of aromatic carboxylic acids is 1. The number of carboxylic acids is 1. The summed E-state index contributed by atoms with van der Waals surface area (Å²) in [6.07, 6.45) is 0. The van der Waals surface area contributed by atoms with Crippen molar-refractivity contribution in [3.05, 3.63) is 51.9 Å². The van der Waals surface area contributed by atoms with Crippen LogP contribution in [0.25, 0.3) is 10.6 Å². The lowest BCUT2D eigenvalue weighted by molar-refractivity contribution is 0.0701. The van der Waals surface area contributed by atoms with Crippen LogP contribution in [0.1, 0.15) is 32.4 Å². The van der Waals surface area contributed by atoms with E-state index >= 15 is 0 Å². The Morgan fingerprint density at radius 3 is 2.71 bits per heavy atom. The average molecular weight is 344 g/mol. The van der Waals surface area contributed by atoms with Gasteiger partial charge in [-0.05, 0) is 32.9 Å². The molecule has 6 nitrogen and oxygen atoms in total. The summed E-state index contributed by atoms with van der Waals surface area (Å²) in [4.78, 5) is 15.8. The Kier molecular flexibility index (Phi) is 4.35. The second kappa shape index (κ2) is 6.45. The molecule has 124 valence electrons. The summed E-state index contributed by atoms with van der Waals surface area (Å²) >= 11 is 1.16. The minimum atomic E-state index is -0.956. The number of carbonyl (C=O) groups is 1. The molecule has 1 aromatic carbocycles. The Balaban J connectivity index is 1.82. The Hall–Kier alpha value is -2.67. The summed E-state index contributed by atoms with van der Waals surface area (Å²) in [5.74, 6) is 0.463. The molecule has 3 rings (SSSR count). The van der Waals surface area contributed by atoms with E-state index in [4.69, 9.17) is 14.4 Å². The fourth-order valence-electron chi connectivity index (χ4n) is 2.30. The standard InChI is InChI=1S/C17H16N2O4S/c1-9-14(11(3)23-19-9)8-22-13-6-4-5-12(7-13)16-18-10(2)15(24-16)17(20)21/h4-7H,8H2,1-3H3,(H,20,21). The molecular formula is C17H16N2O4S. The molecule has 0 atom stereocenters. The Bertz CT molecular complexity index is 878. The molecule has 3 aromatic rings. The molecule has 0 aliphatic heterocycles. The second-order valence-electron chi connectivity index (χ2n) is 5.36. The molecule has 0 aliphatic rings. The topological polar surface area (TPSA) is 85.5 Å². The summed E-state index contributed by atoms with van der Waals surface area (Å²) in [5.41, 5.74) is 3.08. The van der Waals surface area contributed by atoms with Crippen molar-refractivity contribution in [2.45, 2.75) is 27.4 Å². The molecule has 0 radical (unpaired) electrons. The summed E-state index contributed by atoms with van der Waals surface area (Å²) in [5, 5.41) is 13.7. The number of carboxylic acid groups (broad SMARTS) is 1. The fourth-order valence-corrected chi connectivity index (χ4v) is 3.20. The van der Waals surface area contributed by atoms with Crippen molar-refractivity contribution in [1.82, 2.24) is 10.1 Å². The van der Waals surface area contributed by atoms with Crippen LogP contribution in [0.5, 0.6) is 5.75 Å². The molecule has 0 saturated heterocycles. The van der Waals surface area contributed by atoms with E-state index in [0.717, 1.165) is 33.9 Å². The number of nitrogens with zero attached hydrogens (tertiary/aromatic N) is 2. The van der Waals surface area contributed by atoms with Crippen molar-refractivity contribution in [2.75, 3.05) is 0 Å². The van der Waals surface area contributed by atoms with E-state index in [1.54, 1.807) is 6.92 Å². The van der Waals surface area contributed by atoms with E-state index in [1.165, 1.54) is 0 Å². The van der Waals surface area contributed by atoms with Gasteiger partial charge in [0.2, 0.25) is 0 Å². The van der Waals surface area contributed by atoms with Crippen molar-refractivity contribution >= 4 is 17.3 Å². The van der Waals surface area contributed by atoms with Gasteiger partial charge in [-0.1, -0.05) is 17.3 Å². The highest BCUT2D eigenvalue weighted by atomic mass is 32.1. The van der Waals surface area contributed by atoms with E-state index in [9.17, 15) is 4.79 Å². The van der Waals surface area contributed by atoms with Gasteiger partial charge in [0.15, 0.2) is 0 Å². The zero-order chi connectivity index (χ0) is 17.3. The van der Waals surface area contributed by atoms with Crippen LogP contribution in [0.4, 0.5) is 0 Å². The van der Waals surface area contributed by atoms with Gasteiger partial charge in [0.1, 0.15) is 28.0 Å². The maximum atomic E-state index is 11.2. The number of hydrogen-bond donors (Lipinski definition) is 1. The lowest BCUT2D eigenvalue weighted by Gasteiger charge is -2.07. The van der Waals surface area contributed by atoms with Crippen LogP contribution < -0.4 is 4.74 Å². The van der Waals surface area contributed by atoms with Gasteiger partial charge in [0.05, 0.1) is 17.0 Å². The Morgan fingerprint density at radius 2 is 2.08 bits per heavy atom. The first kappa shape index (κ1) is 16.2. The molecule has 2 heterocycles. The summed E-state index contributed by atoms with van der Waals surface area (Å²) in [6.45, 7) is 5.78. The lowest BCUT2D eigenvalue weighted by atomic mass is 10.2. The van der Waals surface area contributed by atoms with Gasteiger partial charge in [-0.15, -0.1) is 11.3 Å². The van der Waals surface area contributed by atoms with Crippen molar-refractivity contribution in [3.8, 4) is 16.3 Å². The lowest BCUT2D eigenvalue weighted by Crippen LogP contribution is -1.97. The first-order chi connectivity index (χ1) is 11.5. The van der Waals surface area contributed by atoms with Gasteiger partial charge in [0.25, 0.3) is 0 Å². The van der Waals surface area contributed by atoms with E-state index in [2.05, 4.69) is 10.1 Å². The van der Waals surface area contributed by atoms with Crippen LogP contribution in [0.15, 0.2) is 28.8 Å². The van der Waals surface area contributed by atoms with Gasteiger partial charge in [-0.25, -0.2) is 9.78 Å². The minimum Gasteiger partial charge on any atom is -0.489 e. The number of rotatable bonds is 5. The van der Waals surface area contributed by atoms with Crippen LogP contribution in [0, 0.1) is 20.8 Å². The number of ether oxygens (including phenoxy) is 1. The van der Waals surface area contributed by atoms with Crippen LogP contribution in [0.3, 0.4) is 0 Å². The predicted molar refractivity (Wildman–Crippen MR) is 89.6 cm³/mol. The highest BCUT2D eigenvalue weighted by molar-refractivity contribution is 7.17. The molecule has 0 aliphatic carbocycles. The molecule has 0 unspecified atom stereocenters. The quantitative estimate of drug-likeness (QED) is 0.753. The third kappa shape index (κ3) is 3.16. The number of thiazole rings is 1. The largest absolute Gasteiger partial charge is 0.489 e. The van der Waals surface area contributed by atoms with E-state index < -0.39 is 5.97 Å². The van der Waals surface area contributed by atoms with Gasteiger partial charge in [0, 0.05) is 5.56 Å². The molecule has 0 bridgehead atoms. The fraction of sp³-hybridized carbons (Fsp3) is 0.235. The van der Waals surface area contributed by atoms with Gasteiger partial charge in [-0.2, -0.15) is 0 Å². The highest BCUT2D eigenvalue weighted by Crippen LogP contribution is 2.30. The normalized spacial score (nSPS) is 10.8. The monoisotopic (exact) mass is 344 g/mol. The van der Waals surface area contributed by atoms with Crippen molar-refractivity contribution in [2.24, 2.45) is 0 Å². The van der Waals surface area contributed by atoms with Crippen LogP contribution in [-0.4, -0.2) is 21.2 Å². The van der Waals surface area contributed by atoms with E-state index in [1.807, 2.05) is 38.1 Å². The minimum absolute atomic E-state index is 0.257. The number of benzene rings is 1. The first-order valence-electron chi connectivity index (χ1n) is 7.31. The molecule has 0 saturated carbocycles. The molecule has 0 amide bonds. The maximum Gasteiger partial charge on any atom is 0.347 e. The Morgan fingerprint density at radius 1 is 1.29 bits per heavy atom. The smallest absolute Gasteiger partial charge is 0.347 e. The number of aryl methyl sites for hydroxylation is 3. The molecule has 24 heavy (non-hydrogen) atoms. The molecule has 0 fully saturated rings. The SMILES string of the molecule is Cc1nc(-c2cccc(OCc3c(C)noc3C)c2)sc1C(=O)O. The number of hydrogen-bond acceptors (Lipinski definition) is 6. The first-order valence-corrected chi connectivity index (χ1v) is 8.13. The van der Waals surface area contributed by atoms with Crippen molar-refractivity contribution in [3.63, 3.8) is 0 Å². The van der Waals surface area contributed by atoms with Gasteiger partial charge >= 0.3 is 5.97 Å². The number of aromatic nitrogens is 2. The predicted octanol–water partition coefficient (Wildman–Crippen LogP) is 4.00. The molecule has 7 heteroatoms. The zero-order valence-electron chi connectivity index (χ0n) is 13.5. The van der Waals surface area contributed by atoms with Gasteiger partial charge < -0.3 is 14.4 Å². The molecule has 2 aromatic heterocycles. The van der Waals surface area contributed by atoms with Crippen molar-refractivity contribution < 1.29 is 19.2 Å². The third-order valence-corrected chi connectivity index (χ3v) is 4.83. The average Bonchev–Trinajstić information content (AvgIpc) is 3.09. The van der Waals surface area contributed by atoms with Crippen LogP contribution >= 0.6 is 11.3 Å². The molecular weight excluding hydrogens is 328 g/mol. The highest BCUT2D eigenvalue weighted by Gasteiger charge is 2.15. The summed E-state index contributed by atoms with van der Waals surface area (Å²) < 4.78 is 10.9. The van der Waals surface area contributed by atoms with E-state index in [0.29, 0.717) is 23.1 Å². The second-order valence-corrected chi connectivity index (χ2v) is 6.36. The summed E-state index contributed by atoms with van der Waals surface area (Å²) in [7, 11) is 0. The zero-order valence-corrected chi connectivity index (χ0v) is 14.3. The Labute approximate surface area is 142 Å². The molecule has 0 spiro atoms. The van der Waals surface area contributed by atoms with Crippen molar-refractivity contribution in [1.29, 1.82) is 0 Å². The van der Waals surface area contributed by atoms with E-state index in [-0.39, 0.29) is 4.88 Å². The summed E-state index contributed by atoms with van der Waals surface area (Å²) in [6, 6.07) is 7.43. The van der Waals surface area contributed by atoms with Crippen LogP contribution in [0.2, 0.25) is 0 Å².